The summed E-state index contributed by atoms with van der Waals surface area (Å²) >= 11 is 0. The van der Waals surface area contributed by atoms with Gasteiger partial charge in [0.2, 0.25) is 0 Å². The van der Waals surface area contributed by atoms with E-state index >= 15 is 0 Å². The van der Waals surface area contributed by atoms with Gasteiger partial charge in [-0.3, -0.25) is 4.68 Å². The van der Waals surface area contributed by atoms with Crippen LogP contribution in [0.4, 0.5) is 0 Å². The van der Waals surface area contributed by atoms with E-state index in [0.29, 0.717) is 0 Å². The second kappa shape index (κ2) is 3.88. The van der Waals surface area contributed by atoms with Gasteiger partial charge in [-0.2, -0.15) is 5.10 Å². The van der Waals surface area contributed by atoms with Crippen molar-refractivity contribution in [2.24, 2.45) is 7.05 Å². The van der Waals surface area contributed by atoms with Crippen LogP contribution in [-0.4, -0.2) is 14.9 Å². The average molecular weight is 238 g/mol. The molecule has 0 saturated carbocycles. The molecule has 0 aliphatic heterocycles. The zero-order valence-corrected chi connectivity index (χ0v) is 10.4. The van der Waals surface area contributed by atoms with E-state index in [4.69, 9.17) is 0 Å². The van der Waals surface area contributed by atoms with Crippen LogP contribution < -0.4 is 0 Å². The van der Waals surface area contributed by atoms with Crippen LogP contribution in [0.5, 0.6) is 5.75 Å². The molecule has 0 aliphatic rings. The fraction of sp³-hybridized carbons (Fsp3) is 0.133. The van der Waals surface area contributed by atoms with Crippen molar-refractivity contribution in [1.82, 2.24) is 9.78 Å². The van der Waals surface area contributed by atoms with Gasteiger partial charge < -0.3 is 5.11 Å². The summed E-state index contributed by atoms with van der Waals surface area (Å²) in [5, 5.41) is 15.2. The largest absolute Gasteiger partial charge is 0.508 e. The molecule has 1 N–H and O–H groups in total. The van der Waals surface area contributed by atoms with Crippen LogP contribution >= 0.6 is 0 Å². The van der Waals surface area contributed by atoms with E-state index in [-0.39, 0.29) is 5.75 Å². The van der Waals surface area contributed by atoms with Crippen molar-refractivity contribution in [3.05, 3.63) is 48.0 Å². The van der Waals surface area contributed by atoms with Gasteiger partial charge in [-0.25, -0.2) is 0 Å². The molecular weight excluding hydrogens is 224 g/mol. The van der Waals surface area contributed by atoms with E-state index < -0.39 is 0 Å². The quantitative estimate of drug-likeness (QED) is 0.706. The first kappa shape index (κ1) is 10.8. The Morgan fingerprint density at radius 1 is 1.11 bits per heavy atom. The maximum absolute atomic E-state index is 9.55. The highest BCUT2D eigenvalue weighted by Crippen LogP contribution is 2.31. The second-order valence-corrected chi connectivity index (χ2v) is 4.49. The number of hydrogen-bond donors (Lipinski definition) is 1. The van der Waals surface area contributed by atoms with Crippen molar-refractivity contribution < 1.29 is 5.11 Å². The summed E-state index contributed by atoms with van der Waals surface area (Å²) in [6.45, 7) is 2.08. The van der Waals surface area contributed by atoms with E-state index in [1.165, 1.54) is 5.56 Å². The van der Waals surface area contributed by atoms with E-state index in [0.717, 1.165) is 22.2 Å². The summed E-state index contributed by atoms with van der Waals surface area (Å²) < 4.78 is 1.80. The third-order valence-electron chi connectivity index (χ3n) is 3.24. The van der Waals surface area contributed by atoms with Gasteiger partial charge in [0.15, 0.2) is 0 Å². The number of aromatic nitrogens is 2. The van der Waals surface area contributed by atoms with Gasteiger partial charge in [0.1, 0.15) is 11.4 Å². The molecule has 0 spiro atoms. The lowest BCUT2D eigenvalue weighted by Gasteiger charge is -2.02. The molecule has 18 heavy (non-hydrogen) atoms. The van der Waals surface area contributed by atoms with Crippen molar-refractivity contribution >= 4 is 10.9 Å². The smallest absolute Gasteiger partial charge is 0.117 e. The van der Waals surface area contributed by atoms with E-state index in [1.807, 2.05) is 25.2 Å². The number of rotatable bonds is 1. The standard InChI is InChI=1S/C15H14N2O/c1-10-5-3-4-6-12(10)15-13-8-7-11(18)9-14(13)17(2)16-15/h3-9,18H,1-2H3. The number of hydrogen-bond acceptors (Lipinski definition) is 2. The number of aromatic hydroxyl groups is 1. The molecule has 0 saturated heterocycles. The molecule has 90 valence electrons. The highest BCUT2D eigenvalue weighted by molar-refractivity contribution is 5.94. The maximum Gasteiger partial charge on any atom is 0.117 e. The maximum atomic E-state index is 9.55. The Morgan fingerprint density at radius 3 is 2.67 bits per heavy atom. The minimum absolute atomic E-state index is 0.266. The van der Waals surface area contributed by atoms with Crippen molar-refractivity contribution in [1.29, 1.82) is 0 Å². The summed E-state index contributed by atoms with van der Waals surface area (Å²) in [6, 6.07) is 13.6. The summed E-state index contributed by atoms with van der Waals surface area (Å²) in [6.07, 6.45) is 0. The second-order valence-electron chi connectivity index (χ2n) is 4.49. The summed E-state index contributed by atoms with van der Waals surface area (Å²) in [4.78, 5) is 0. The Morgan fingerprint density at radius 2 is 1.89 bits per heavy atom. The molecule has 3 heteroatoms. The van der Waals surface area contributed by atoms with Gasteiger partial charge in [-0.15, -0.1) is 0 Å². The first-order valence-corrected chi connectivity index (χ1v) is 5.88. The molecule has 1 heterocycles. The Balaban J connectivity index is 2.34. The molecule has 0 aliphatic carbocycles. The predicted octanol–water partition coefficient (Wildman–Crippen LogP) is 3.25. The first-order chi connectivity index (χ1) is 8.66. The summed E-state index contributed by atoms with van der Waals surface area (Å²) in [5.41, 5.74) is 4.23. The number of fused-ring (bicyclic) bond motifs is 1. The highest BCUT2D eigenvalue weighted by atomic mass is 16.3. The summed E-state index contributed by atoms with van der Waals surface area (Å²) in [5.74, 6) is 0.266. The molecule has 0 fully saturated rings. The van der Waals surface area contributed by atoms with Crippen LogP contribution in [0.1, 0.15) is 5.56 Å². The van der Waals surface area contributed by atoms with E-state index in [1.54, 1.807) is 16.8 Å². The van der Waals surface area contributed by atoms with Crippen molar-refractivity contribution in [2.45, 2.75) is 6.92 Å². The van der Waals surface area contributed by atoms with Crippen molar-refractivity contribution in [2.75, 3.05) is 0 Å². The lowest BCUT2D eigenvalue weighted by molar-refractivity contribution is 0.476. The van der Waals surface area contributed by atoms with Crippen molar-refractivity contribution in [3.63, 3.8) is 0 Å². The monoisotopic (exact) mass is 238 g/mol. The molecule has 3 rings (SSSR count). The Kier molecular flexibility index (Phi) is 2.33. The SMILES string of the molecule is Cc1ccccc1-c1nn(C)c2cc(O)ccc12. The Hall–Kier alpha value is -2.29. The van der Waals surface area contributed by atoms with Crippen LogP contribution in [0.2, 0.25) is 0 Å². The molecule has 3 aromatic rings. The fourth-order valence-electron chi connectivity index (χ4n) is 2.28. The number of nitrogens with zero attached hydrogens (tertiary/aromatic N) is 2. The molecule has 0 atom stereocenters. The molecule has 2 aromatic carbocycles. The zero-order chi connectivity index (χ0) is 12.7. The highest BCUT2D eigenvalue weighted by Gasteiger charge is 2.12. The molecule has 3 nitrogen and oxygen atoms in total. The third kappa shape index (κ3) is 1.56. The van der Waals surface area contributed by atoms with Crippen LogP contribution in [0.25, 0.3) is 22.2 Å². The van der Waals surface area contributed by atoms with E-state index in [2.05, 4.69) is 24.2 Å². The van der Waals surface area contributed by atoms with Crippen LogP contribution in [0, 0.1) is 6.92 Å². The van der Waals surface area contributed by atoms with Crippen LogP contribution in [0.3, 0.4) is 0 Å². The zero-order valence-electron chi connectivity index (χ0n) is 10.4. The third-order valence-corrected chi connectivity index (χ3v) is 3.24. The van der Waals surface area contributed by atoms with Crippen LogP contribution in [0.15, 0.2) is 42.5 Å². The normalized spacial score (nSPS) is 11.0. The number of phenolic OH excluding ortho intramolecular Hbond substituents is 1. The van der Waals surface area contributed by atoms with Crippen LogP contribution in [-0.2, 0) is 7.05 Å². The summed E-state index contributed by atoms with van der Waals surface area (Å²) in [7, 11) is 1.89. The molecule has 1 aromatic heterocycles. The predicted molar refractivity (Wildman–Crippen MR) is 72.6 cm³/mol. The topological polar surface area (TPSA) is 38.0 Å². The number of phenols is 1. The van der Waals surface area contributed by atoms with E-state index in [9.17, 15) is 5.11 Å². The molecule has 0 unspecified atom stereocenters. The Bertz CT molecular complexity index is 728. The van der Waals surface area contributed by atoms with Gasteiger partial charge >= 0.3 is 0 Å². The Labute approximate surface area is 105 Å². The van der Waals surface area contributed by atoms with Gasteiger partial charge in [0.25, 0.3) is 0 Å². The molecule has 0 radical (unpaired) electrons. The lowest BCUT2D eigenvalue weighted by atomic mass is 10.0. The van der Waals surface area contributed by atoms with Gasteiger partial charge in [0, 0.05) is 24.1 Å². The minimum Gasteiger partial charge on any atom is -0.508 e. The molecule has 0 amide bonds. The molecule has 0 bridgehead atoms. The fourth-order valence-corrected chi connectivity index (χ4v) is 2.28. The van der Waals surface area contributed by atoms with Gasteiger partial charge in [0.05, 0.1) is 5.52 Å². The van der Waals surface area contributed by atoms with Gasteiger partial charge in [-0.1, -0.05) is 24.3 Å². The number of aryl methyl sites for hydroxylation is 2. The number of benzene rings is 2. The lowest BCUT2D eigenvalue weighted by Crippen LogP contribution is -1.90. The average Bonchev–Trinajstić information content (AvgIpc) is 2.67. The van der Waals surface area contributed by atoms with Crippen molar-refractivity contribution in [3.8, 4) is 17.0 Å². The van der Waals surface area contributed by atoms with Gasteiger partial charge in [-0.05, 0) is 24.6 Å². The molecular formula is C15H14N2O. The minimum atomic E-state index is 0.266. The first-order valence-electron chi connectivity index (χ1n) is 5.88.